The summed E-state index contributed by atoms with van der Waals surface area (Å²) < 4.78 is 10.9. The van der Waals surface area contributed by atoms with Crippen molar-refractivity contribution in [1.82, 2.24) is 0 Å². The van der Waals surface area contributed by atoms with Crippen LogP contribution >= 0.6 is 0 Å². The maximum atomic E-state index is 12.4. The zero-order valence-corrected chi connectivity index (χ0v) is 16.4. The van der Waals surface area contributed by atoms with Crippen LogP contribution in [0, 0.1) is 0 Å². The van der Waals surface area contributed by atoms with Crippen molar-refractivity contribution in [1.29, 1.82) is 0 Å². The molecule has 0 aliphatic heterocycles. The Bertz CT molecular complexity index is 948. The SMILES string of the molecule is CC(C)OC(=O)c1ccc(NC(=O)c2ccc(OCc3ccccc3)cc2)cc1. The number of esters is 1. The highest BCUT2D eigenvalue weighted by Crippen LogP contribution is 2.17. The molecular formula is C24H23NO4. The van der Waals surface area contributed by atoms with Crippen LogP contribution in [0.15, 0.2) is 78.9 Å². The Kier molecular flexibility index (Phi) is 6.63. The van der Waals surface area contributed by atoms with Crippen molar-refractivity contribution < 1.29 is 19.1 Å². The van der Waals surface area contributed by atoms with Crippen molar-refractivity contribution in [2.45, 2.75) is 26.6 Å². The fraction of sp³-hybridized carbons (Fsp3) is 0.167. The lowest BCUT2D eigenvalue weighted by Gasteiger charge is -2.10. The van der Waals surface area contributed by atoms with E-state index in [-0.39, 0.29) is 18.0 Å². The van der Waals surface area contributed by atoms with Gasteiger partial charge in [-0.2, -0.15) is 0 Å². The molecule has 1 N–H and O–H groups in total. The number of anilines is 1. The predicted octanol–water partition coefficient (Wildman–Crippen LogP) is 5.08. The molecule has 1 amide bonds. The topological polar surface area (TPSA) is 64.6 Å². The minimum Gasteiger partial charge on any atom is -0.489 e. The Labute approximate surface area is 170 Å². The second-order valence-corrected chi connectivity index (χ2v) is 6.78. The van der Waals surface area contributed by atoms with Gasteiger partial charge in [-0.05, 0) is 67.9 Å². The van der Waals surface area contributed by atoms with E-state index in [1.54, 1.807) is 62.4 Å². The van der Waals surface area contributed by atoms with Gasteiger partial charge < -0.3 is 14.8 Å². The maximum absolute atomic E-state index is 12.4. The summed E-state index contributed by atoms with van der Waals surface area (Å²) in [6.07, 6.45) is -0.179. The molecule has 3 rings (SSSR count). The molecule has 0 saturated carbocycles. The fourth-order valence-corrected chi connectivity index (χ4v) is 2.62. The molecule has 29 heavy (non-hydrogen) atoms. The number of ether oxygens (including phenoxy) is 2. The second-order valence-electron chi connectivity index (χ2n) is 6.78. The van der Waals surface area contributed by atoms with Crippen LogP contribution < -0.4 is 10.1 Å². The third-order valence-electron chi connectivity index (χ3n) is 4.09. The average Bonchev–Trinajstić information content (AvgIpc) is 2.73. The monoisotopic (exact) mass is 389 g/mol. The van der Waals surface area contributed by atoms with Crippen LogP contribution in [-0.2, 0) is 11.3 Å². The highest BCUT2D eigenvalue weighted by Gasteiger charge is 2.10. The van der Waals surface area contributed by atoms with E-state index >= 15 is 0 Å². The lowest BCUT2D eigenvalue weighted by molar-refractivity contribution is 0.0378. The van der Waals surface area contributed by atoms with Crippen molar-refractivity contribution in [3.05, 3.63) is 95.6 Å². The molecule has 5 heteroatoms. The van der Waals surface area contributed by atoms with Gasteiger partial charge in [-0.1, -0.05) is 30.3 Å². The summed E-state index contributed by atoms with van der Waals surface area (Å²) in [5.41, 5.74) is 2.63. The number of hydrogen-bond donors (Lipinski definition) is 1. The molecule has 0 heterocycles. The summed E-state index contributed by atoms with van der Waals surface area (Å²) in [4.78, 5) is 24.3. The first-order valence-electron chi connectivity index (χ1n) is 9.40. The van der Waals surface area contributed by atoms with Gasteiger partial charge in [0.1, 0.15) is 12.4 Å². The van der Waals surface area contributed by atoms with Crippen LogP contribution in [0.5, 0.6) is 5.75 Å². The quantitative estimate of drug-likeness (QED) is 0.572. The van der Waals surface area contributed by atoms with Crippen molar-refractivity contribution in [2.75, 3.05) is 5.32 Å². The molecule has 0 aliphatic carbocycles. The summed E-state index contributed by atoms with van der Waals surface area (Å²) >= 11 is 0. The summed E-state index contributed by atoms with van der Waals surface area (Å²) in [6.45, 7) is 4.06. The third-order valence-corrected chi connectivity index (χ3v) is 4.09. The molecule has 0 fully saturated rings. The Morgan fingerprint density at radius 1 is 0.828 bits per heavy atom. The standard InChI is InChI=1S/C24H23NO4/c1-17(2)29-24(27)20-8-12-21(13-9-20)25-23(26)19-10-14-22(15-11-19)28-16-18-6-4-3-5-7-18/h3-15,17H,16H2,1-2H3,(H,25,26). The number of carbonyl (C=O) groups excluding carboxylic acids is 2. The van der Waals surface area contributed by atoms with Crippen molar-refractivity contribution in [3.8, 4) is 5.75 Å². The van der Waals surface area contributed by atoms with Gasteiger partial charge >= 0.3 is 5.97 Å². The minimum absolute atomic E-state index is 0.179. The van der Waals surface area contributed by atoms with Crippen LogP contribution in [0.1, 0.15) is 40.1 Å². The van der Waals surface area contributed by atoms with E-state index in [1.165, 1.54) is 0 Å². The number of amides is 1. The lowest BCUT2D eigenvalue weighted by atomic mass is 10.1. The predicted molar refractivity (Wildman–Crippen MR) is 112 cm³/mol. The first-order chi connectivity index (χ1) is 14.0. The van der Waals surface area contributed by atoms with Gasteiger partial charge in [-0.25, -0.2) is 4.79 Å². The fourth-order valence-electron chi connectivity index (χ4n) is 2.62. The summed E-state index contributed by atoms with van der Waals surface area (Å²) in [5.74, 6) is 0.0690. The van der Waals surface area contributed by atoms with Crippen molar-refractivity contribution >= 4 is 17.6 Å². The smallest absolute Gasteiger partial charge is 0.338 e. The zero-order valence-electron chi connectivity index (χ0n) is 16.4. The van der Waals surface area contributed by atoms with Crippen LogP contribution in [0.2, 0.25) is 0 Å². The number of carbonyl (C=O) groups is 2. The van der Waals surface area contributed by atoms with Gasteiger partial charge in [0.15, 0.2) is 0 Å². The molecule has 148 valence electrons. The van der Waals surface area contributed by atoms with Gasteiger partial charge in [0.2, 0.25) is 0 Å². The van der Waals surface area contributed by atoms with E-state index in [0.29, 0.717) is 29.2 Å². The van der Waals surface area contributed by atoms with Gasteiger partial charge in [0, 0.05) is 11.3 Å². The first-order valence-corrected chi connectivity index (χ1v) is 9.40. The highest BCUT2D eigenvalue weighted by molar-refractivity contribution is 6.04. The van der Waals surface area contributed by atoms with E-state index in [9.17, 15) is 9.59 Å². The molecule has 0 unspecified atom stereocenters. The van der Waals surface area contributed by atoms with Gasteiger partial charge in [-0.15, -0.1) is 0 Å². The molecule has 3 aromatic rings. The Balaban J connectivity index is 1.55. The maximum Gasteiger partial charge on any atom is 0.338 e. The molecule has 0 aliphatic rings. The number of benzene rings is 3. The Hall–Kier alpha value is -3.60. The summed E-state index contributed by atoms with van der Waals surface area (Å²) in [7, 11) is 0. The van der Waals surface area contributed by atoms with Crippen LogP contribution in [0.25, 0.3) is 0 Å². The molecule has 0 bridgehead atoms. The summed E-state index contributed by atoms with van der Waals surface area (Å²) in [5, 5.41) is 2.81. The van der Waals surface area contributed by atoms with Gasteiger partial charge in [0.05, 0.1) is 11.7 Å². The Morgan fingerprint density at radius 2 is 1.45 bits per heavy atom. The minimum atomic E-state index is -0.385. The zero-order chi connectivity index (χ0) is 20.6. The van der Waals surface area contributed by atoms with Gasteiger partial charge in [0.25, 0.3) is 5.91 Å². The number of nitrogens with one attached hydrogen (secondary N) is 1. The third kappa shape index (κ3) is 5.94. The number of rotatable bonds is 7. The van der Waals surface area contributed by atoms with E-state index in [2.05, 4.69) is 5.32 Å². The molecule has 0 aromatic heterocycles. The molecule has 3 aromatic carbocycles. The van der Waals surface area contributed by atoms with Crippen LogP contribution in [0.3, 0.4) is 0 Å². The van der Waals surface area contributed by atoms with E-state index in [4.69, 9.17) is 9.47 Å². The normalized spacial score (nSPS) is 10.4. The molecule has 0 saturated heterocycles. The van der Waals surface area contributed by atoms with Crippen molar-refractivity contribution in [2.24, 2.45) is 0 Å². The van der Waals surface area contributed by atoms with Crippen molar-refractivity contribution in [3.63, 3.8) is 0 Å². The van der Waals surface area contributed by atoms with E-state index in [0.717, 1.165) is 5.56 Å². The van der Waals surface area contributed by atoms with Gasteiger partial charge in [-0.3, -0.25) is 4.79 Å². The second kappa shape index (κ2) is 9.55. The molecule has 0 spiro atoms. The molecule has 0 atom stereocenters. The van der Waals surface area contributed by atoms with E-state index < -0.39 is 0 Å². The summed E-state index contributed by atoms with van der Waals surface area (Å²) in [6, 6.07) is 23.4. The first kappa shape index (κ1) is 20.1. The van der Waals surface area contributed by atoms with E-state index in [1.807, 2.05) is 30.3 Å². The Morgan fingerprint density at radius 3 is 2.07 bits per heavy atom. The molecule has 0 radical (unpaired) electrons. The lowest BCUT2D eigenvalue weighted by Crippen LogP contribution is -2.13. The molecular weight excluding hydrogens is 366 g/mol. The largest absolute Gasteiger partial charge is 0.489 e. The van der Waals surface area contributed by atoms with Crippen LogP contribution in [0.4, 0.5) is 5.69 Å². The average molecular weight is 389 g/mol. The van der Waals surface area contributed by atoms with Crippen LogP contribution in [-0.4, -0.2) is 18.0 Å². The number of hydrogen-bond acceptors (Lipinski definition) is 4. The molecule has 5 nitrogen and oxygen atoms in total. The highest BCUT2D eigenvalue weighted by atomic mass is 16.5.